The van der Waals surface area contributed by atoms with Gasteiger partial charge in [-0.3, -0.25) is 14.7 Å². The Morgan fingerprint density at radius 1 is 0.977 bits per heavy atom. The molecule has 4 fully saturated rings. The molecule has 224 valence electrons. The number of carbonyl (C=O) groups excluding carboxylic acids is 1. The SMILES string of the molecule is O=C1CCCN2C3C45C=C(c6nccc7c6[nH]c6c(O)cccc67)C6CCN(CCCCC=CCC4)CC63CC2(CC1)O5. The Kier molecular flexibility index (Phi) is 5.83. The number of para-hydroxylation sites is 1. The van der Waals surface area contributed by atoms with Crippen LogP contribution < -0.4 is 0 Å². The summed E-state index contributed by atoms with van der Waals surface area (Å²) < 4.78 is 7.51. The second-order valence-electron chi connectivity index (χ2n) is 14.3. The van der Waals surface area contributed by atoms with Crippen molar-refractivity contribution in [3.8, 4) is 5.75 Å². The highest BCUT2D eigenvalue weighted by molar-refractivity contribution is 6.11. The molecule has 0 saturated carbocycles. The molecule has 9 rings (SSSR count). The summed E-state index contributed by atoms with van der Waals surface area (Å²) in [5, 5.41) is 12.9. The van der Waals surface area contributed by atoms with Gasteiger partial charge in [0.2, 0.25) is 0 Å². The summed E-state index contributed by atoms with van der Waals surface area (Å²) in [4.78, 5) is 27.0. The minimum atomic E-state index is -0.420. The average Bonchev–Trinajstić information content (AvgIpc) is 3.59. The molecule has 0 radical (unpaired) electrons. The van der Waals surface area contributed by atoms with Crippen LogP contribution in [0.3, 0.4) is 0 Å². The number of H-pyrrole nitrogens is 1. The van der Waals surface area contributed by atoms with E-state index in [1.165, 1.54) is 18.4 Å². The zero-order valence-corrected chi connectivity index (χ0v) is 25.0. The van der Waals surface area contributed by atoms with Crippen LogP contribution >= 0.6 is 0 Å². The predicted molar refractivity (Wildman–Crippen MR) is 168 cm³/mol. The molecular weight excluding hydrogens is 536 g/mol. The quantitative estimate of drug-likeness (QED) is 0.329. The summed E-state index contributed by atoms with van der Waals surface area (Å²) in [5.74, 6) is 1.04. The lowest BCUT2D eigenvalue weighted by atomic mass is 9.53. The van der Waals surface area contributed by atoms with E-state index in [1.54, 1.807) is 6.07 Å². The Balaban J connectivity index is 1.28. The van der Waals surface area contributed by atoms with E-state index in [4.69, 9.17) is 9.72 Å². The third-order valence-electron chi connectivity index (χ3n) is 12.0. The molecule has 1 aromatic carbocycles. The number of hydrogen-bond acceptors (Lipinski definition) is 6. The van der Waals surface area contributed by atoms with E-state index >= 15 is 0 Å². The molecule has 0 amide bonds. The number of pyridine rings is 1. The van der Waals surface area contributed by atoms with E-state index in [1.807, 2.05) is 12.3 Å². The monoisotopic (exact) mass is 578 g/mol. The van der Waals surface area contributed by atoms with Crippen molar-refractivity contribution in [2.45, 2.75) is 88.0 Å². The van der Waals surface area contributed by atoms with Gasteiger partial charge in [0, 0.05) is 48.3 Å². The van der Waals surface area contributed by atoms with Gasteiger partial charge in [-0.1, -0.05) is 24.3 Å². The molecular formula is C36H42N4O3. The molecule has 6 atom stereocenters. The van der Waals surface area contributed by atoms with E-state index in [0.717, 1.165) is 98.6 Å². The number of ketones is 1. The van der Waals surface area contributed by atoms with Crippen LogP contribution in [0.15, 0.2) is 48.7 Å². The lowest BCUT2D eigenvalue weighted by molar-refractivity contribution is -0.180. The number of nitrogens with one attached hydrogen (secondary N) is 1. The van der Waals surface area contributed by atoms with Crippen molar-refractivity contribution in [3.05, 3.63) is 54.4 Å². The first-order chi connectivity index (χ1) is 21.0. The fourth-order valence-corrected chi connectivity index (χ4v) is 10.5. The fraction of sp³-hybridized carbons (Fsp3) is 0.556. The van der Waals surface area contributed by atoms with Gasteiger partial charge < -0.3 is 19.7 Å². The first-order valence-corrected chi connectivity index (χ1v) is 16.7. The van der Waals surface area contributed by atoms with Gasteiger partial charge in [0.25, 0.3) is 0 Å². The van der Waals surface area contributed by atoms with Crippen molar-refractivity contribution in [2.24, 2.45) is 11.3 Å². The molecule has 43 heavy (non-hydrogen) atoms. The number of aromatic nitrogens is 2. The predicted octanol–water partition coefficient (Wildman–Crippen LogP) is 6.33. The number of phenols is 1. The Hall–Kier alpha value is -3.00. The molecule has 1 spiro atoms. The molecule has 1 aliphatic carbocycles. The lowest BCUT2D eigenvalue weighted by Crippen LogP contribution is -2.65. The maximum absolute atomic E-state index is 12.8. The van der Waals surface area contributed by atoms with Crippen LogP contribution in [0, 0.1) is 11.3 Å². The van der Waals surface area contributed by atoms with Gasteiger partial charge in [-0.25, -0.2) is 0 Å². The van der Waals surface area contributed by atoms with E-state index in [9.17, 15) is 9.90 Å². The average molecular weight is 579 g/mol. The zero-order valence-electron chi connectivity index (χ0n) is 25.0. The Morgan fingerprint density at radius 2 is 1.88 bits per heavy atom. The number of phenolic OH excluding ortho intramolecular Hbond substituents is 1. The molecule has 3 aromatic rings. The molecule has 6 aliphatic rings. The summed E-state index contributed by atoms with van der Waals surface area (Å²) in [7, 11) is 0. The third kappa shape index (κ3) is 3.71. The summed E-state index contributed by atoms with van der Waals surface area (Å²) in [6.07, 6.45) is 20.0. The number of carbonyl (C=O) groups is 1. The lowest BCUT2D eigenvalue weighted by Gasteiger charge is -2.59. The van der Waals surface area contributed by atoms with Crippen LogP contribution in [0.5, 0.6) is 5.75 Å². The van der Waals surface area contributed by atoms with Gasteiger partial charge in [0.15, 0.2) is 0 Å². The molecule has 2 N–H and O–H groups in total. The van der Waals surface area contributed by atoms with Crippen LogP contribution in [-0.2, 0) is 9.53 Å². The number of aromatic hydroxyl groups is 1. The summed E-state index contributed by atoms with van der Waals surface area (Å²) in [5.41, 5.74) is 3.40. The van der Waals surface area contributed by atoms with Crippen LogP contribution in [0.2, 0.25) is 0 Å². The van der Waals surface area contributed by atoms with Gasteiger partial charge in [-0.15, -0.1) is 0 Å². The summed E-state index contributed by atoms with van der Waals surface area (Å²) >= 11 is 0. The summed E-state index contributed by atoms with van der Waals surface area (Å²) in [6.45, 7) is 4.30. The number of hydrogen-bond donors (Lipinski definition) is 2. The van der Waals surface area contributed by atoms with Crippen molar-refractivity contribution in [2.75, 3.05) is 26.2 Å². The van der Waals surface area contributed by atoms with E-state index in [0.29, 0.717) is 30.6 Å². The van der Waals surface area contributed by atoms with Crippen LogP contribution in [0.1, 0.15) is 76.3 Å². The minimum Gasteiger partial charge on any atom is -0.506 e. The van der Waals surface area contributed by atoms with E-state index in [-0.39, 0.29) is 16.9 Å². The van der Waals surface area contributed by atoms with Crippen molar-refractivity contribution in [3.63, 3.8) is 0 Å². The first-order valence-electron chi connectivity index (χ1n) is 16.7. The third-order valence-corrected chi connectivity index (χ3v) is 12.0. The van der Waals surface area contributed by atoms with Gasteiger partial charge in [0.1, 0.15) is 22.9 Å². The zero-order chi connectivity index (χ0) is 28.8. The number of benzene rings is 1. The van der Waals surface area contributed by atoms with Crippen molar-refractivity contribution in [1.82, 2.24) is 19.8 Å². The number of aromatic amines is 1. The molecule has 2 aromatic heterocycles. The number of rotatable bonds is 1. The minimum absolute atomic E-state index is 0.0454. The second-order valence-corrected chi connectivity index (χ2v) is 14.3. The fourth-order valence-electron chi connectivity index (χ4n) is 10.5. The number of ether oxygens (including phenoxy) is 1. The smallest absolute Gasteiger partial charge is 0.139 e. The van der Waals surface area contributed by atoms with Crippen LogP contribution in [0.25, 0.3) is 27.4 Å². The molecule has 5 aliphatic heterocycles. The molecule has 7 heterocycles. The highest BCUT2D eigenvalue weighted by atomic mass is 16.6. The molecule has 6 unspecified atom stereocenters. The van der Waals surface area contributed by atoms with E-state index in [2.05, 4.69) is 45.1 Å². The Bertz CT molecular complexity index is 1690. The van der Waals surface area contributed by atoms with Gasteiger partial charge in [0.05, 0.1) is 22.8 Å². The molecule has 4 saturated heterocycles. The van der Waals surface area contributed by atoms with Gasteiger partial charge in [-0.2, -0.15) is 0 Å². The normalized spacial score (nSPS) is 37.8. The highest BCUT2D eigenvalue weighted by Gasteiger charge is 2.77. The maximum atomic E-state index is 12.8. The maximum Gasteiger partial charge on any atom is 0.139 e. The topological polar surface area (TPSA) is 81.7 Å². The van der Waals surface area contributed by atoms with Crippen molar-refractivity contribution < 1.29 is 14.6 Å². The number of piperidine rings is 1. The van der Waals surface area contributed by atoms with Crippen LogP contribution in [0.4, 0.5) is 0 Å². The summed E-state index contributed by atoms with van der Waals surface area (Å²) in [6, 6.07) is 8.14. The molecule has 7 heteroatoms. The first kappa shape index (κ1) is 26.4. The molecule has 5 bridgehead atoms. The Morgan fingerprint density at radius 3 is 2.84 bits per heavy atom. The van der Waals surface area contributed by atoms with Crippen molar-refractivity contribution in [1.29, 1.82) is 0 Å². The Labute approximate surface area is 253 Å². The van der Waals surface area contributed by atoms with Gasteiger partial charge >= 0.3 is 0 Å². The van der Waals surface area contributed by atoms with E-state index < -0.39 is 5.60 Å². The second kappa shape index (κ2) is 9.50. The molecule has 7 nitrogen and oxygen atoms in total. The largest absolute Gasteiger partial charge is 0.506 e. The van der Waals surface area contributed by atoms with Crippen LogP contribution in [-0.4, -0.2) is 74.2 Å². The van der Waals surface area contributed by atoms with Crippen molar-refractivity contribution >= 4 is 33.2 Å². The number of allylic oxidation sites excluding steroid dienone is 3. The number of fused-ring (bicyclic) bond motifs is 4. The van der Waals surface area contributed by atoms with Gasteiger partial charge in [-0.05, 0) is 101 Å². The number of Topliss-reactive ketones (excluding diaryl/α,β-unsaturated/α-hetero) is 1. The number of nitrogens with zero attached hydrogens (tertiary/aromatic N) is 3. The highest BCUT2D eigenvalue weighted by Crippen LogP contribution is 2.70. The standard InChI is InChI=1S/C36H42N4O3/c41-24-9-8-19-40-33-34-22-36(40,16-12-24)43-35(33)15-5-3-1-2-4-6-18-39(23-34)20-14-28(34)27(21-35)31-32-26(13-17-37-31)25-10-7-11-29(42)30(25)38-32/h1,3,7,10-11,13,17,21,28,33,38,42H,2,4-6,8-9,12,14-16,18-20,22-23H2.